The highest BCUT2D eigenvalue weighted by molar-refractivity contribution is 6.30. The minimum absolute atomic E-state index is 0.115. The minimum Gasteiger partial charge on any atom is -0.451 e. The maximum absolute atomic E-state index is 12.9. The molecular formula is C38H43ClN4O5. The summed E-state index contributed by atoms with van der Waals surface area (Å²) in [7, 11) is 0. The summed E-state index contributed by atoms with van der Waals surface area (Å²) in [5.41, 5.74) is 4.52. The smallest absolute Gasteiger partial charge is 0.287 e. The van der Waals surface area contributed by atoms with Crippen molar-refractivity contribution in [1.82, 2.24) is 15.1 Å². The Kier molecular flexibility index (Phi) is 11.5. The summed E-state index contributed by atoms with van der Waals surface area (Å²) in [5, 5.41) is 3.84. The minimum atomic E-state index is -0.597. The average molecular weight is 671 g/mol. The molecule has 3 aromatic carbocycles. The molecule has 10 heteroatoms. The lowest BCUT2D eigenvalue weighted by molar-refractivity contribution is -0.134. The number of fused-ring (bicyclic) bond motifs is 1. The highest BCUT2D eigenvalue weighted by atomic mass is 35.5. The Morgan fingerprint density at radius 2 is 1.62 bits per heavy atom. The lowest BCUT2D eigenvalue weighted by Gasteiger charge is -2.37. The lowest BCUT2D eigenvalue weighted by atomic mass is 10.0. The van der Waals surface area contributed by atoms with E-state index in [2.05, 4.69) is 22.3 Å². The second-order valence-corrected chi connectivity index (χ2v) is 13.1. The van der Waals surface area contributed by atoms with E-state index in [-0.39, 0.29) is 35.5 Å². The van der Waals surface area contributed by atoms with E-state index in [1.54, 1.807) is 17.0 Å². The topological polar surface area (TPSA) is 103 Å². The molecule has 0 aliphatic carbocycles. The van der Waals surface area contributed by atoms with Gasteiger partial charge in [-0.2, -0.15) is 0 Å². The summed E-state index contributed by atoms with van der Waals surface area (Å²) in [6.07, 6.45) is 2.62. The van der Waals surface area contributed by atoms with Crippen LogP contribution in [0.4, 0.5) is 5.69 Å². The van der Waals surface area contributed by atoms with Crippen LogP contribution in [0.25, 0.3) is 11.0 Å². The summed E-state index contributed by atoms with van der Waals surface area (Å²) in [6.45, 7) is 9.69. The van der Waals surface area contributed by atoms with Gasteiger partial charge in [-0.05, 0) is 67.1 Å². The van der Waals surface area contributed by atoms with Crippen LogP contribution in [0.3, 0.4) is 0 Å². The molecule has 2 fully saturated rings. The zero-order chi connectivity index (χ0) is 34.2. The molecule has 0 unspecified atom stereocenters. The molecule has 48 heavy (non-hydrogen) atoms. The third-order valence-electron chi connectivity index (χ3n) is 8.80. The molecule has 0 radical (unpaired) electrons. The Morgan fingerprint density at radius 1 is 0.896 bits per heavy atom. The van der Waals surface area contributed by atoms with Crippen LogP contribution in [0.1, 0.15) is 66.3 Å². The second-order valence-electron chi connectivity index (χ2n) is 12.6. The largest absolute Gasteiger partial charge is 0.451 e. The molecule has 1 aromatic heterocycles. The maximum atomic E-state index is 12.9. The van der Waals surface area contributed by atoms with Crippen molar-refractivity contribution in [1.29, 1.82) is 0 Å². The Morgan fingerprint density at radius 3 is 2.31 bits per heavy atom. The second kappa shape index (κ2) is 16.0. The van der Waals surface area contributed by atoms with Gasteiger partial charge in [0, 0.05) is 62.5 Å². The number of aryl methyl sites for hydroxylation is 1. The van der Waals surface area contributed by atoms with E-state index in [9.17, 15) is 19.2 Å². The van der Waals surface area contributed by atoms with Gasteiger partial charge < -0.3 is 24.4 Å². The summed E-state index contributed by atoms with van der Waals surface area (Å²) in [6, 6.07) is 22.4. The zero-order valence-corrected chi connectivity index (χ0v) is 28.6. The highest BCUT2D eigenvalue weighted by Gasteiger charge is 2.25. The van der Waals surface area contributed by atoms with E-state index in [0.717, 1.165) is 41.2 Å². The first-order valence-corrected chi connectivity index (χ1v) is 16.9. The van der Waals surface area contributed by atoms with Crippen molar-refractivity contribution in [3.63, 3.8) is 0 Å². The van der Waals surface area contributed by atoms with E-state index < -0.39 is 5.91 Å². The monoisotopic (exact) mass is 670 g/mol. The van der Waals surface area contributed by atoms with Crippen molar-refractivity contribution in [2.45, 2.75) is 52.5 Å². The van der Waals surface area contributed by atoms with Crippen LogP contribution in [-0.4, -0.2) is 66.8 Å². The van der Waals surface area contributed by atoms with E-state index >= 15 is 0 Å². The number of carbonyl (C=O) groups is 3. The van der Waals surface area contributed by atoms with Crippen LogP contribution in [0, 0.1) is 6.92 Å². The van der Waals surface area contributed by atoms with Gasteiger partial charge in [0.05, 0.1) is 11.9 Å². The molecule has 3 heterocycles. The van der Waals surface area contributed by atoms with Gasteiger partial charge in [0.2, 0.25) is 11.8 Å². The number of amides is 3. The number of rotatable bonds is 7. The predicted octanol–water partition coefficient (Wildman–Crippen LogP) is 6.16. The van der Waals surface area contributed by atoms with Gasteiger partial charge in [0.15, 0.2) is 11.2 Å². The van der Waals surface area contributed by atoms with Gasteiger partial charge in [-0.1, -0.05) is 67.4 Å². The standard InChI is InChI=1S/C31H36N4O5.C7H7Cl/c1-21(2)22-10-11-27-24(17-22)26(36)18-28(40-27)31(39)32-19-30(38)34-15-13-33(14-16-34)25-8-4-3-7-23(25)20-35-12-6-5-9-29(35)37;1-6-2-4-7(8)5-3-6/h3-4,7-8,10-11,17-18,21H,5-6,9,12-16,19-20H2,1-2H3,(H,32,39);2-5H,1H3. The van der Waals surface area contributed by atoms with E-state index in [0.29, 0.717) is 50.1 Å². The number of para-hydroxylation sites is 1. The van der Waals surface area contributed by atoms with Crippen LogP contribution in [0.5, 0.6) is 0 Å². The Hall–Kier alpha value is -4.63. The molecule has 2 saturated heterocycles. The first kappa shape index (κ1) is 34.7. The van der Waals surface area contributed by atoms with Gasteiger partial charge in [-0.3, -0.25) is 19.2 Å². The number of hydrogen-bond donors (Lipinski definition) is 1. The van der Waals surface area contributed by atoms with Crippen molar-refractivity contribution < 1.29 is 18.8 Å². The molecule has 3 amide bonds. The van der Waals surface area contributed by atoms with Crippen molar-refractivity contribution in [2.24, 2.45) is 0 Å². The van der Waals surface area contributed by atoms with Crippen molar-refractivity contribution in [3.05, 3.63) is 110 Å². The summed E-state index contributed by atoms with van der Waals surface area (Å²) >= 11 is 5.61. The normalized spacial score (nSPS) is 14.9. The third kappa shape index (κ3) is 8.83. The molecule has 1 N–H and O–H groups in total. The van der Waals surface area contributed by atoms with Crippen LogP contribution >= 0.6 is 11.6 Å². The average Bonchev–Trinajstić information content (AvgIpc) is 3.09. The van der Waals surface area contributed by atoms with Gasteiger partial charge in [0.25, 0.3) is 5.91 Å². The zero-order valence-electron chi connectivity index (χ0n) is 27.8. The molecule has 4 aromatic rings. The molecule has 0 atom stereocenters. The van der Waals surface area contributed by atoms with Gasteiger partial charge in [-0.15, -0.1) is 0 Å². The first-order valence-electron chi connectivity index (χ1n) is 16.6. The number of likely N-dealkylation sites (tertiary alicyclic amines) is 1. The number of benzene rings is 3. The number of piperazine rings is 1. The fourth-order valence-corrected chi connectivity index (χ4v) is 6.04. The molecular weight excluding hydrogens is 628 g/mol. The third-order valence-corrected chi connectivity index (χ3v) is 9.05. The molecule has 9 nitrogen and oxygen atoms in total. The maximum Gasteiger partial charge on any atom is 0.287 e. The lowest BCUT2D eigenvalue weighted by Crippen LogP contribution is -2.51. The van der Waals surface area contributed by atoms with E-state index in [1.165, 1.54) is 11.6 Å². The molecule has 0 spiro atoms. The number of nitrogens with one attached hydrogen (secondary N) is 1. The number of piperidine rings is 1. The molecule has 0 saturated carbocycles. The Labute approximate surface area is 286 Å². The SMILES string of the molecule is CC(C)c1ccc2oc(C(=O)NCC(=O)N3CCN(c4ccccc4CN4CCCCC4=O)CC3)cc(=O)c2c1.Cc1ccc(Cl)cc1. The van der Waals surface area contributed by atoms with Crippen molar-refractivity contribution in [2.75, 3.05) is 44.2 Å². The highest BCUT2D eigenvalue weighted by Crippen LogP contribution is 2.25. The van der Waals surface area contributed by atoms with E-state index in [4.69, 9.17) is 16.0 Å². The number of nitrogens with zero attached hydrogens (tertiary/aromatic N) is 3. The fourth-order valence-electron chi connectivity index (χ4n) is 5.92. The van der Waals surface area contributed by atoms with Crippen LogP contribution in [-0.2, 0) is 16.1 Å². The van der Waals surface area contributed by atoms with Crippen molar-refractivity contribution >= 4 is 46.0 Å². The fraction of sp³-hybridized carbons (Fsp3) is 0.368. The van der Waals surface area contributed by atoms with Gasteiger partial charge in [-0.25, -0.2) is 0 Å². The summed E-state index contributed by atoms with van der Waals surface area (Å²) < 4.78 is 5.68. The number of hydrogen-bond acceptors (Lipinski definition) is 6. The Bertz CT molecular complexity index is 1790. The molecule has 2 aliphatic heterocycles. The quantitative estimate of drug-likeness (QED) is 0.253. The first-order chi connectivity index (χ1) is 23.1. The molecule has 0 bridgehead atoms. The summed E-state index contributed by atoms with van der Waals surface area (Å²) in [4.78, 5) is 56.5. The molecule has 2 aliphatic rings. The number of carbonyl (C=O) groups excluding carboxylic acids is 3. The van der Waals surface area contributed by atoms with Crippen molar-refractivity contribution in [3.8, 4) is 0 Å². The van der Waals surface area contributed by atoms with Crippen LogP contribution < -0.4 is 15.6 Å². The molecule has 252 valence electrons. The molecule has 6 rings (SSSR count). The van der Waals surface area contributed by atoms with Gasteiger partial charge >= 0.3 is 0 Å². The summed E-state index contributed by atoms with van der Waals surface area (Å²) in [5.74, 6) is -0.428. The number of halogens is 1. The van der Waals surface area contributed by atoms with Gasteiger partial charge in [0.1, 0.15) is 5.58 Å². The number of anilines is 1. The van der Waals surface area contributed by atoms with Crippen LogP contribution in [0.2, 0.25) is 5.02 Å². The van der Waals surface area contributed by atoms with Crippen LogP contribution in [0.15, 0.2) is 82.0 Å². The Balaban J connectivity index is 0.000000494. The van der Waals surface area contributed by atoms with E-state index in [1.807, 2.05) is 68.1 Å². The predicted molar refractivity (Wildman–Crippen MR) is 190 cm³/mol.